The van der Waals surface area contributed by atoms with Crippen LogP contribution in [-0.2, 0) is 13.0 Å². The molecular weight excluding hydrogens is 302 g/mol. The lowest BCUT2D eigenvalue weighted by Crippen LogP contribution is -2.35. The molecule has 6 heteroatoms. The van der Waals surface area contributed by atoms with Crippen LogP contribution in [0, 0.1) is 0 Å². The summed E-state index contributed by atoms with van der Waals surface area (Å²) in [5.74, 6) is 2.19. The maximum absolute atomic E-state index is 5.36. The van der Waals surface area contributed by atoms with Crippen LogP contribution in [0.15, 0.2) is 28.9 Å². The van der Waals surface area contributed by atoms with Gasteiger partial charge in [0.05, 0.1) is 6.54 Å². The molecule has 2 fully saturated rings. The summed E-state index contributed by atoms with van der Waals surface area (Å²) in [6, 6.07) is 6.70. The standard InChI is InChI=1S/C18H25N5O/c1-22(13-17-20-18(24-21-17)14-5-6-14)16-8-11-23(12-16)10-7-15-4-2-3-9-19-15/h2-4,9,14,16H,5-8,10-13H2,1H3/t16-/m0/s1. The van der Waals surface area contributed by atoms with Crippen LogP contribution in [-0.4, -0.2) is 57.6 Å². The van der Waals surface area contributed by atoms with Crippen molar-refractivity contribution >= 4 is 0 Å². The van der Waals surface area contributed by atoms with Crippen molar-refractivity contribution in [3.63, 3.8) is 0 Å². The zero-order valence-corrected chi connectivity index (χ0v) is 14.3. The van der Waals surface area contributed by atoms with Crippen LogP contribution in [0.5, 0.6) is 0 Å². The molecule has 0 bridgehead atoms. The van der Waals surface area contributed by atoms with E-state index in [0.29, 0.717) is 12.0 Å². The first-order valence-corrected chi connectivity index (χ1v) is 8.93. The third-order valence-corrected chi connectivity index (χ3v) is 5.08. The molecule has 0 amide bonds. The molecule has 1 aliphatic heterocycles. The molecule has 0 radical (unpaired) electrons. The van der Waals surface area contributed by atoms with Crippen LogP contribution in [0.2, 0.25) is 0 Å². The van der Waals surface area contributed by atoms with Crippen molar-refractivity contribution in [1.82, 2.24) is 24.9 Å². The average Bonchev–Trinajstić information content (AvgIpc) is 3.17. The molecule has 0 unspecified atom stereocenters. The number of rotatable bonds is 7. The summed E-state index contributed by atoms with van der Waals surface area (Å²) in [7, 11) is 2.17. The second-order valence-electron chi connectivity index (χ2n) is 7.05. The van der Waals surface area contributed by atoms with Gasteiger partial charge in [-0.1, -0.05) is 11.2 Å². The molecule has 1 aliphatic carbocycles. The topological polar surface area (TPSA) is 58.3 Å². The number of likely N-dealkylation sites (N-methyl/N-ethyl adjacent to an activating group) is 1. The van der Waals surface area contributed by atoms with Gasteiger partial charge in [0.15, 0.2) is 5.82 Å². The van der Waals surface area contributed by atoms with Gasteiger partial charge < -0.3 is 9.42 Å². The van der Waals surface area contributed by atoms with Crippen LogP contribution in [0.25, 0.3) is 0 Å². The molecule has 4 rings (SSSR count). The molecule has 0 spiro atoms. The first-order chi connectivity index (χ1) is 11.8. The van der Waals surface area contributed by atoms with E-state index in [-0.39, 0.29) is 0 Å². The van der Waals surface area contributed by atoms with Crippen LogP contribution < -0.4 is 0 Å². The van der Waals surface area contributed by atoms with E-state index in [2.05, 4.69) is 44.1 Å². The molecule has 2 aromatic rings. The van der Waals surface area contributed by atoms with Crippen molar-refractivity contribution in [2.75, 3.05) is 26.7 Å². The normalized spacial score (nSPS) is 21.7. The van der Waals surface area contributed by atoms with Gasteiger partial charge >= 0.3 is 0 Å². The molecule has 2 aromatic heterocycles. The summed E-state index contributed by atoms with van der Waals surface area (Å²) in [5.41, 5.74) is 1.17. The molecule has 1 saturated heterocycles. The highest BCUT2D eigenvalue weighted by Gasteiger charge is 2.30. The van der Waals surface area contributed by atoms with Crippen LogP contribution in [0.1, 0.15) is 42.6 Å². The highest BCUT2D eigenvalue weighted by Crippen LogP contribution is 2.38. The lowest BCUT2D eigenvalue weighted by molar-refractivity contribution is 0.218. The Morgan fingerprint density at radius 3 is 3.00 bits per heavy atom. The highest BCUT2D eigenvalue weighted by atomic mass is 16.5. The SMILES string of the molecule is CN(Cc1noc(C2CC2)n1)[C@H]1CCN(CCc2ccccn2)C1. The maximum Gasteiger partial charge on any atom is 0.229 e. The number of likely N-dealkylation sites (tertiary alicyclic amines) is 1. The molecule has 6 nitrogen and oxygen atoms in total. The van der Waals surface area contributed by atoms with E-state index in [0.717, 1.165) is 44.3 Å². The molecule has 1 saturated carbocycles. The van der Waals surface area contributed by atoms with Crippen molar-refractivity contribution < 1.29 is 4.52 Å². The Hall–Kier alpha value is -1.79. The molecule has 1 atom stereocenters. The van der Waals surface area contributed by atoms with Gasteiger partial charge in [-0.2, -0.15) is 4.98 Å². The predicted molar refractivity (Wildman–Crippen MR) is 90.5 cm³/mol. The van der Waals surface area contributed by atoms with E-state index in [9.17, 15) is 0 Å². The third-order valence-electron chi connectivity index (χ3n) is 5.08. The number of nitrogens with zero attached hydrogens (tertiary/aromatic N) is 5. The smallest absolute Gasteiger partial charge is 0.229 e. The molecule has 24 heavy (non-hydrogen) atoms. The summed E-state index contributed by atoms with van der Waals surface area (Å²) < 4.78 is 5.36. The fourth-order valence-corrected chi connectivity index (χ4v) is 3.37. The van der Waals surface area contributed by atoms with E-state index in [4.69, 9.17) is 4.52 Å². The second kappa shape index (κ2) is 6.99. The van der Waals surface area contributed by atoms with E-state index >= 15 is 0 Å². The Morgan fingerprint density at radius 2 is 2.21 bits per heavy atom. The minimum atomic E-state index is 0.533. The second-order valence-corrected chi connectivity index (χ2v) is 7.05. The lowest BCUT2D eigenvalue weighted by Gasteiger charge is -2.23. The van der Waals surface area contributed by atoms with Crippen molar-refractivity contribution in [3.05, 3.63) is 41.8 Å². The first kappa shape index (κ1) is 15.7. The van der Waals surface area contributed by atoms with Crippen molar-refractivity contribution in [2.24, 2.45) is 0 Å². The Kier molecular flexibility index (Phi) is 4.58. The van der Waals surface area contributed by atoms with Gasteiger partial charge in [0.1, 0.15) is 0 Å². The minimum Gasteiger partial charge on any atom is -0.339 e. The van der Waals surface area contributed by atoms with Gasteiger partial charge in [-0.15, -0.1) is 0 Å². The van der Waals surface area contributed by atoms with Gasteiger partial charge in [0.25, 0.3) is 0 Å². The molecule has 0 aromatic carbocycles. The summed E-state index contributed by atoms with van der Waals surface area (Å²) in [6.45, 7) is 4.11. The fourth-order valence-electron chi connectivity index (χ4n) is 3.37. The van der Waals surface area contributed by atoms with E-state index in [1.807, 2.05) is 12.3 Å². The van der Waals surface area contributed by atoms with Gasteiger partial charge in [-0.05, 0) is 45.0 Å². The Bertz CT molecular complexity index is 654. The summed E-state index contributed by atoms with van der Waals surface area (Å²) in [6.07, 6.45) is 6.49. The lowest BCUT2D eigenvalue weighted by atomic mass is 10.2. The highest BCUT2D eigenvalue weighted by molar-refractivity contribution is 5.04. The molecule has 3 heterocycles. The zero-order chi connectivity index (χ0) is 16.4. The molecule has 128 valence electrons. The number of pyridine rings is 1. The van der Waals surface area contributed by atoms with Crippen molar-refractivity contribution in [3.8, 4) is 0 Å². The Balaban J connectivity index is 1.24. The van der Waals surface area contributed by atoms with E-state index in [1.165, 1.54) is 25.0 Å². The zero-order valence-electron chi connectivity index (χ0n) is 14.3. The number of hydrogen-bond donors (Lipinski definition) is 0. The third kappa shape index (κ3) is 3.82. The number of hydrogen-bond acceptors (Lipinski definition) is 6. The van der Waals surface area contributed by atoms with Crippen molar-refractivity contribution in [2.45, 2.75) is 44.2 Å². The van der Waals surface area contributed by atoms with E-state index < -0.39 is 0 Å². The van der Waals surface area contributed by atoms with Crippen LogP contribution >= 0.6 is 0 Å². The monoisotopic (exact) mass is 327 g/mol. The molecule has 0 N–H and O–H groups in total. The largest absolute Gasteiger partial charge is 0.339 e. The van der Waals surface area contributed by atoms with Crippen molar-refractivity contribution in [1.29, 1.82) is 0 Å². The van der Waals surface area contributed by atoms with Gasteiger partial charge in [0, 0.05) is 43.4 Å². The van der Waals surface area contributed by atoms with Gasteiger partial charge in [0.2, 0.25) is 5.89 Å². The summed E-state index contributed by atoms with van der Waals surface area (Å²) in [5, 5.41) is 4.13. The van der Waals surface area contributed by atoms with Crippen LogP contribution in [0.4, 0.5) is 0 Å². The molecular formula is C18H25N5O. The Morgan fingerprint density at radius 1 is 1.29 bits per heavy atom. The summed E-state index contributed by atoms with van der Waals surface area (Å²) in [4.78, 5) is 13.8. The Labute approximate surface area is 142 Å². The van der Waals surface area contributed by atoms with Gasteiger partial charge in [-0.25, -0.2) is 0 Å². The predicted octanol–water partition coefficient (Wildman–Crippen LogP) is 2.09. The molecule has 2 aliphatic rings. The average molecular weight is 327 g/mol. The quantitative estimate of drug-likeness (QED) is 0.776. The van der Waals surface area contributed by atoms with Gasteiger partial charge in [-0.3, -0.25) is 9.88 Å². The maximum atomic E-state index is 5.36. The first-order valence-electron chi connectivity index (χ1n) is 8.93. The number of aromatic nitrogens is 3. The summed E-state index contributed by atoms with van der Waals surface area (Å²) >= 11 is 0. The van der Waals surface area contributed by atoms with Crippen LogP contribution in [0.3, 0.4) is 0 Å². The van der Waals surface area contributed by atoms with E-state index in [1.54, 1.807) is 0 Å². The fraction of sp³-hybridized carbons (Fsp3) is 0.611. The minimum absolute atomic E-state index is 0.533.